The number of thioether (sulfide) groups is 1. The van der Waals surface area contributed by atoms with Crippen LogP contribution in [0, 0.1) is 11.3 Å². The molecule has 1 atom stereocenters. The summed E-state index contributed by atoms with van der Waals surface area (Å²) in [6.45, 7) is 3.13. The van der Waals surface area contributed by atoms with E-state index >= 15 is 0 Å². The largest absolute Gasteiger partial charge is 0.396 e. The Kier molecular flexibility index (Phi) is 7.57. The van der Waals surface area contributed by atoms with E-state index in [4.69, 9.17) is 5.11 Å². The highest BCUT2D eigenvalue weighted by Crippen LogP contribution is 2.25. The SMILES string of the molecule is CCCNC(C#N)(CSCCCO)c1ccccc1. The first kappa shape index (κ1) is 16.0. The van der Waals surface area contributed by atoms with Gasteiger partial charge in [0.1, 0.15) is 5.54 Å². The van der Waals surface area contributed by atoms with Gasteiger partial charge in [0.05, 0.1) is 6.07 Å². The summed E-state index contributed by atoms with van der Waals surface area (Å²) in [5.41, 5.74) is 0.389. The van der Waals surface area contributed by atoms with Gasteiger partial charge in [-0.05, 0) is 30.7 Å². The summed E-state index contributed by atoms with van der Waals surface area (Å²) in [4.78, 5) is 0. The molecule has 0 aliphatic rings. The molecular weight excluding hydrogens is 256 g/mol. The average molecular weight is 278 g/mol. The van der Waals surface area contributed by atoms with Crippen molar-refractivity contribution in [2.75, 3.05) is 24.7 Å². The van der Waals surface area contributed by atoms with E-state index < -0.39 is 5.54 Å². The highest BCUT2D eigenvalue weighted by molar-refractivity contribution is 7.99. The van der Waals surface area contributed by atoms with E-state index in [0.29, 0.717) is 5.75 Å². The Morgan fingerprint density at radius 3 is 2.68 bits per heavy atom. The summed E-state index contributed by atoms with van der Waals surface area (Å²) in [5.74, 6) is 1.58. The fourth-order valence-corrected chi connectivity index (χ4v) is 2.94. The van der Waals surface area contributed by atoms with Crippen molar-refractivity contribution in [3.05, 3.63) is 35.9 Å². The highest BCUT2D eigenvalue weighted by Gasteiger charge is 2.31. The molecule has 0 radical (unpaired) electrons. The molecule has 2 N–H and O–H groups in total. The molecule has 0 fully saturated rings. The first-order valence-corrected chi connectivity index (χ1v) is 7.85. The topological polar surface area (TPSA) is 56.0 Å². The second-order valence-electron chi connectivity index (χ2n) is 4.44. The van der Waals surface area contributed by atoms with Crippen molar-refractivity contribution in [2.24, 2.45) is 0 Å². The molecule has 0 aliphatic carbocycles. The first-order valence-electron chi connectivity index (χ1n) is 6.69. The molecule has 104 valence electrons. The van der Waals surface area contributed by atoms with Gasteiger partial charge in [-0.15, -0.1) is 0 Å². The molecule has 0 aromatic heterocycles. The third-order valence-corrected chi connectivity index (χ3v) is 4.11. The Morgan fingerprint density at radius 1 is 1.37 bits per heavy atom. The summed E-state index contributed by atoms with van der Waals surface area (Å²) < 4.78 is 0. The summed E-state index contributed by atoms with van der Waals surface area (Å²) in [7, 11) is 0. The maximum atomic E-state index is 9.64. The highest BCUT2D eigenvalue weighted by atomic mass is 32.2. The van der Waals surface area contributed by atoms with Crippen LogP contribution in [0.25, 0.3) is 0 Å². The van der Waals surface area contributed by atoms with Gasteiger partial charge in [-0.2, -0.15) is 17.0 Å². The minimum Gasteiger partial charge on any atom is -0.396 e. The molecule has 0 saturated heterocycles. The first-order chi connectivity index (χ1) is 9.29. The van der Waals surface area contributed by atoms with E-state index in [0.717, 1.165) is 30.7 Å². The Labute approximate surface area is 120 Å². The number of nitrogens with one attached hydrogen (secondary N) is 1. The minimum absolute atomic E-state index is 0.209. The van der Waals surface area contributed by atoms with E-state index in [2.05, 4.69) is 18.3 Å². The lowest BCUT2D eigenvalue weighted by molar-refractivity contribution is 0.296. The van der Waals surface area contributed by atoms with Crippen molar-refractivity contribution in [3.8, 4) is 6.07 Å². The van der Waals surface area contributed by atoms with E-state index in [1.54, 1.807) is 11.8 Å². The molecule has 0 aliphatic heterocycles. The molecule has 1 aromatic carbocycles. The van der Waals surface area contributed by atoms with Gasteiger partial charge >= 0.3 is 0 Å². The van der Waals surface area contributed by atoms with Gasteiger partial charge in [0.15, 0.2) is 0 Å². The van der Waals surface area contributed by atoms with Crippen molar-refractivity contribution in [1.82, 2.24) is 5.32 Å². The normalized spacial score (nSPS) is 13.7. The van der Waals surface area contributed by atoms with Crippen LogP contribution in [0.3, 0.4) is 0 Å². The smallest absolute Gasteiger partial charge is 0.141 e. The maximum absolute atomic E-state index is 9.64. The van der Waals surface area contributed by atoms with Gasteiger partial charge in [0, 0.05) is 12.4 Å². The van der Waals surface area contributed by atoms with Gasteiger partial charge in [0.2, 0.25) is 0 Å². The second kappa shape index (κ2) is 8.98. The average Bonchev–Trinajstić information content (AvgIpc) is 2.48. The lowest BCUT2D eigenvalue weighted by Gasteiger charge is -2.28. The Morgan fingerprint density at radius 2 is 2.11 bits per heavy atom. The molecule has 1 unspecified atom stereocenters. The fourth-order valence-electron chi connectivity index (χ4n) is 1.83. The number of aliphatic hydroxyl groups excluding tert-OH is 1. The third-order valence-electron chi connectivity index (χ3n) is 2.90. The predicted molar refractivity (Wildman–Crippen MR) is 81.1 cm³/mol. The Hall–Kier alpha value is -1.02. The number of nitriles is 1. The molecule has 4 heteroatoms. The fraction of sp³-hybridized carbons (Fsp3) is 0.533. The van der Waals surface area contributed by atoms with Crippen molar-refractivity contribution in [2.45, 2.75) is 25.3 Å². The molecule has 0 bridgehead atoms. The maximum Gasteiger partial charge on any atom is 0.141 e. The van der Waals surface area contributed by atoms with Gasteiger partial charge in [-0.25, -0.2) is 0 Å². The van der Waals surface area contributed by atoms with Crippen LogP contribution in [0.2, 0.25) is 0 Å². The van der Waals surface area contributed by atoms with Crippen LogP contribution in [0.5, 0.6) is 0 Å². The molecule has 1 aromatic rings. The molecule has 0 saturated carbocycles. The number of rotatable bonds is 9. The predicted octanol–water partition coefficient (Wildman–Crippen LogP) is 2.52. The lowest BCUT2D eigenvalue weighted by Crippen LogP contribution is -2.44. The van der Waals surface area contributed by atoms with Crippen LogP contribution in [0.15, 0.2) is 30.3 Å². The van der Waals surface area contributed by atoms with Crippen LogP contribution >= 0.6 is 11.8 Å². The van der Waals surface area contributed by atoms with Gasteiger partial charge in [-0.3, -0.25) is 5.32 Å². The molecule has 0 spiro atoms. The van der Waals surface area contributed by atoms with Crippen LogP contribution in [0.4, 0.5) is 0 Å². The lowest BCUT2D eigenvalue weighted by atomic mass is 9.93. The second-order valence-corrected chi connectivity index (χ2v) is 5.54. The van der Waals surface area contributed by atoms with E-state index in [1.807, 2.05) is 30.3 Å². The molecular formula is C15H22N2OS. The third kappa shape index (κ3) is 4.87. The van der Waals surface area contributed by atoms with Crippen LogP contribution < -0.4 is 5.32 Å². The Bertz CT molecular complexity index is 391. The van der Waals surface area contributed by atoms with Crippen molar-refractivity contribution < 1.29 is 5.11 Å². The van der Waals surface area contributed by atoms with Gasteiger partial charge < -0.3 is 5.11 Å². The summed E-state index contributed by atoms with van der Waals surface area (Å²) >= 11 is 1.71. The van der Waals surface area contributed by atoms with Crippen LogP contribution in [-0.4, -0.2) is 29.8 Å². The van der Waals surface area contributed by atoms with Crippen molar-refractivity contribution in [3.63, 3.8) is 0 Å². The van der Waals surface area contributed by atoms with Gasteiger partial charge in [-0.1, -0.05) is 37.3 Å². The van der Waals surface area contributed by atoms with E-state index in [1.165, 1.54) is 0 Å². The molecule has 19 heavy (non-hydrogen) atoms. The molecule has 1 rings (SSSR count). The summed E-state index contributed by atoms with van der Waals surface area (Å²) in [5, 5.41) is 21.8. The minimum atomic E-state index is -0.628. The summed E-state index contributed by atoms with van der Waals surface area (Å²) in [6, 6.07) is 12.3. The number of hydrogen-bond acceptors (Lipinski definition) is 4. The number of benzene rings is 1. The number of hydrogen-bond donors (Lipinski definition) is 2. The zero-order valence-corrected chi connectivity index (χ0v) is 12.2. The number of nitrogens with zero attached hydrogens (tertiary/aromatic N) is 1. The summed E-state index contributed by atoms with van der Waals surface area (Å²) in [6.07, 6.45) is 1.77. The van der Waals surface area contributed by atoms with Crippen LogP contribution in [0.1, 0.15) is 25.3 Å². The monoisotopic (exact) mass is 278 g/mol. The van der Waals surface area contributed by atoms with Crippen molar-refractivity contribution >= 4 is 11.8 Å². The van der Waals surface area contributed by atoms with Gasteiger partial charge in [0.25, 0.3) is 0 Å². The van der Waals surface area contributed by atoms with Crippen LogP contribution in [-0.2, 0) is 5.54 Å². The molecule has 0 amide bonds. The standard InChI is InChI=1S/C15H22N2OS/c1-2-9-17-15(12-16,13-19-11-6-10-18)14-7-4-3-5-8-14/h3-5,7-8,17-18H,2,6,9-11,13H2,1H3. The zero-order valence-electron chi connectivity index (χ0n) is 11.4. The zero-order chi connectivity index (χ0) is 14.0. The number of aliphatic hydroxyl groups is 1. The molecule has 0 heterocycles. The Balaban J connectivity index is 2.80. The molecule has 3 nitrogen and oxygen atoms in total. The quantitative estimate of drug-likeness (QED) is 0.682. The van der Waals surface area contributed by atoms with E-state index in [9.17, 15) is 5.26 Å². The van der Waals surface area contributed by atoms with Crippen molar-refractivity contribution in [1.29, 1.82) is 5.26 Å². The van der Waals surface area contributed by atoms with E-state index in [-0.39, 0.29) is 6.61 Å².